The molecule has 0 saturated heterocycles. The van der Waals surface area contributed by atoms with Gasteiger partial charge in [-0.15, -0.1) is 0 Å². The third-order valence-corrected chi connectivity index (χ3v) is 1.46. The minimum Gasteiger partial charge on any atom is -0.493 e. The molecule has 0 aliphatic rings. The average Bonchev–Trinajstić information content (AvgIpc) is 2.15. The van der Waals surface area contributed by atoms with E-state index in [-0.39, 0.29) is 6.61 Å². The summed E-state index contributed by atoms with van der Waals surface area (Å²) in [5.74, 6) is 1.07. The zero-order chi connectivity index (χ0) is 9.68. The third kappa shape index (κ3) is 2.93. The normalized spacial score (nSPS) is 10.2. The Bertz CT molecular complexity index is 260. The summed E-state index contributed by atoms with van der Waals surface area (Å²) < 4.78 is 10.1. The van der Waals surface area contributed by atoms with Gasteiger partial charge in [0, 0.05) is 0 Å². The Kier molecular flexibility index (Phi) is 3.54. The number of aliphatic hydroxyl groups excluding tert-OH is 1. The summed E-state index contributed by atoms with van der Waals surface area (Å²) in [5, 5.41) is 17.1. The molecular weight excluding hydrogens is 172 g/mol. The van der Waals surface area contributed by atoms with Gasteiger partial charge < -0.3 is 19.7 Å². The van der Waals surface area contributed by atoms with E-state index < -0.39 is 6.29 Å². The van der Waals surface area contributed by atoms with Crippen molar-refractivity contribution in [3.05, 3.63) is 24.3 Å². The summed E-state index contributed by atoms with van der Waals surface area (Å²) >= 11 is 0. The second-order valence-electron chi connectivity index (χ2n) is 2.44. The minimum absolute atomic E-state index is 0.166. The Morgan fingerprint density at radius 1 is 1.23 bits per heavy atom. The second kappa shape index (κ2) is 4.69. The van der Waals surface area contributed by atoms with Crippen LogP contribution >= 0.6 is 0 Å². The number of rotatable bonds is 4. The predicted molar refractivity (Wildman–Crippen MR) is 46.7 cm³/mol. The molecule has 0 heterocycles. The van der Waals surface area contributed by atoms with Crippen molar-refractivity contribution in [2.45, 2.75) is 6.29 Å². The van der Waals surface area contributed by atoms with Gasteiger partial charge in [-0.25, -0.2) is 0 Å². The lowest BCUT2D eigenvalue weighted by molar-refractivity contribution is -0.0683. The molecule has 0 bridgehead atoms. The molecule has 4 nitrogen and oxygen atoms in total. The van der Waals surface area contributed by atoms with E-state index in [1.165, 1.54) is 7.11 Å². The lowest BCUT2D eigenvalue weighted by Gasteiger charge is -2.10. The van der Waals surface area contributed by atoms with Crippen LogP contribution in [0.2, 0.25) is 0 Å². The van der Waals surface area contributed by atoms with Crippen LogP contribution in [0.5, 0.6) is 11.5 Å². The number of para-hydroxylation sites is 2. The summed E-state index contributed by atoms with van der Waals surface area (Å²) in [6.45, 7) is -0.166. The molecule has 4 heteroatoms. The summed E-state index contributed by atoms with van der Waals surface area (Å²) in [4.78, 5) is 0. The van der Waals surface area contributed by atoms with Crippen molar-refractivity contribution in [2.75, 3.05) is 13.7 Å². The summed E-state index contributed by atoms with van der Waals surface area (Å²) in [7, 11) is 1.53. The molecule has 2 N–H and O–H groups in total. The maximum absolute atomic E-state index is 8.57. The average molecular weight is 184 g/mol. The first-order valence-corrected chi connectivity index (χ1v) is 3.86. The Labute approximate surface area is 76.3 Å². The standard InChI is InChI=1S/C9H12O4/c1-12-7-4-2-3-5-8(7)13-6-9(10)11/h2-5,9-11H,6H2,1H3. The highest BCUT2D eigenvalue weighted by molar-refractivity contribution is 5.39. The second-order valence-corrected chi connectivity index (χ2v) is 2.44. The van der Waals surface area contributed by atoms with Crippen molar-refractivity contribution in [1.82, 2.24) is 0 Å². The van der Waals surface area contributed by atoms with Crippen LogP contribution < -0.4 is 9.47 Å². The van der Waals surface area contributed by atoms with Crippen LogP contribution in [0.3, 0.4) is 0 Å². The topological polar surface area (TPSA) is 58.9 Å². The molecule has 0 saturated carbocycles. The number of aliphatic hydroxyl groups is 2. The van der Waals surface area contributed by atoms with Crippen molar-refractivity contribution in [2.24, 2.45) is 0 Å². The van der Waals surface area contributed by atoms with Crippen molar-refractivity contribution < 1.29 is 19.7 Å². The van der Waals surface area contributed by atoms with E-state index in [0.29, 0.717) is 11.5 Å². The van der Waals surface area contributed by atoms with Crippen LogP contribution in [0.1, 0.15) is 0 Å². The van der Waals surface area contributed by atoms with Crippen LogP contribution in [0.15, 0.2) is 24.3 Å². The Hall–Kier alpha value is -1.26. The van der Waals surface area contributed by atoms with Crippen molar-refractivity contribution >= 4 is 0 Å². The zero-order valence-corrected chi connectivity index (χ0v) is 7.30. The van der Waals surface area contributed by atoms with E-state index in [2.05, 4.69) is 0 Å². The lowest BCUT2D eigenvalue weighted by Crippen LogP contribution is -2.16. The van der Waals surface area contributed by atoms with Crippen molar-refractivity contribution in [1.29, 1.82) is 0 Å². The number of methoxy groups -OCH3 is 1. The molecule has 1 aromatic rings. The van der Waals surface area contributed by atoms with Gasteiger partial charge in [0.25, 0.3) is 0 Å². The van der Waals surface area contributed by atoms with Crippen LogP contribution in [0, 0.1) is 0 Å². The largest absolute Gasteiger partial charge is 0.493 e. The van der Waals surface area contributed by atoms with Gasteiger partial charge in [0.1, 0.15) is 6.61 Å². The number of hydrogen-bond donors (Lipinski definition) is 2. The molecule has 0 fully saturated rings. The molecule has 1 aromatic carbocycles. The fraction of sp³-hybridized carbons (Fsp3) is 0.333. The van der Waals surface area contributed by atoms with Crippen molar-refractivity contribution in [3.63, 3.8) is 0 Å². The Morgan fingerprint density at radius 2 is 1.85 bits per heavy atom. The Balaban J connectivity index is 2.64. The highest BCUT2D eigenvalue weighted by atomic mass is 16.6. The number of benzene rings is 1. The first kappa shape index (κ1) is 9.83. The lowest BCUT2D eigenvalue weighted by atomic mass is 10.3. The summed E-state index contributed by atoms with van der Waals surface area (Å²) in [5.41, 5.74) is 0. The summed E-state index contributed by atoms with van der Waals surface area (Å²) in [6.07, 6.45) is -1.47. The zero-order valence-electron chi connectivity index (χ0n) is 7.30. The van der Waals surface area contributed by atoms with E-state index in [1.807, 2.05) is 0 Å². The molecule has 13 heavy (non-hydrogen) atoms. The molecule has 72 valence electrons. The van der Waals surface area contributed by atoms with E-state index in [4.69, 9.17) is 19.7 Å². The molecule has 0 spiro atoms. The van der Waals surface area contributed by atoms with Gasteiger partial charge in [-0.05, 0) is 12.1 Å². The fourth-order valence-corrected chi connectivity index (χ4v) is 0.902. The molecule has 1 rings (SSSR count). The van der Waals surface area contributed by atoms with E-state index in [1.54, 1.807) is 24.3 Å². The van der Waals surface area contributed by atoms with Crippen LogP contribution in [-0.4, -0.2) is 30.2 Å². The maximum atomic E-state index is 8.57. The highest BCUT2D eigenvalue weighted by Gasteiger charge is 2.04. The fourth-order valence-electron chi connectivity index (χ4n) is 0.902. The number of hydrogen-bond acceptors (Lipinski definition) is 4. The van der Waals surface area contributed by atoms with Crippen LogP contribution in [-0.2, 0) is 0 Å². The van der Waals surface area contributed by atoms with Gasteiger partial charge in [-0.3, -0.25) is 0 Å². The maximum Gasteiger partial charge on any atom is 0.186 e. The molecule has 0 atom stereocenters. The highest BCUT2D eigenvalue weighted by Crippen LogP contribution is 2.25. The van der Waals surface area contributed by atoms with Gasteiger partial charge in [0.05, 0.1) is 7.11 Å². The smallest absolute Gasteiger partial charge is 0.186 e. The van der Waals surface area contributed by atoms with Gasteiger partial charge in [-0.2, -0.15) is 0 Å². The van der Waals surface area contributed by atoms with E-state index in [9.17, 15) is 0 Å². The van der Waals surface area contributed by atoms with Crippen molar-refractivity contribution in [3.8, 4) is 11.5 Å². The molecule has 0 aromatic heterocycles. The van der Waals surface area contributed by atoms with E-state index in [0.717, 1.165) is 0 Å². The quantitative estimate of drug-likeness (QED) is 0.664. The Morgan fingerprint density at radius 3 is 2.38 bits per heavy atom. The molecule has 0 unspecified atom stereocenters. The molecule has 0 amide bonds. The third-order valence-electron chi connectivity index (χ3n) is 1.46. The summed E-state index contributed by atoms with van der Waals surface area (Å²) in [6, 6.07) is 7.02. The molecule has 0 aliphatic heterocycles. The van der Waals surface area contributed by atoms with Gasteiger partial charge >= 0.3 is 0 Å². The molecule has 0 radical (unpaired) electrons. The molecular formula is C9H12O4. The predicted octanol–water partition coefficient (Wildman–Crippen LogP) is 0.385. The van der Waals surface area contributed by atoms with Gasteiger partial charge in [-0.1, -0.05) is 12.1 Å². The van der Waals surface area contributed by atoms with Gasteiger partial charge in [0.15, 0.2) is 17.8 Å². The number of ether oxygens (including phenoxy) is 2. The van der Waals surface area contributed by atoms with Gasteiger partial charge in [0.2, 0.25) is 0 Å². The first-order valence-electron chi connectivity index (χ1n) is 3.86. The molecule has 0 aliphatic carbocycles. The first-order chi connectivity index (χ1) is 6.24. The van der Waals surface area contributed by atoms with E-state index >= 15 is 0 Å². The monoisotopic (exact) mass is 184 g/mol. The van der Waals surface area contributed by atoms with Crippen LogP contribution in [0.4, 0.5) is 0 Å². The SMILES string of the molecule is COc1ccccc1OCC(O)O. The van der Waals surface area contributed by atoms with Crippen LogP contribution in [0.25, 0.3) is 0 Å². The minimum atomic E-state index is -1.47.